The van der Waals surface area contributed by atoms with Crippen LogP contribution in [0.15, 0.2) is 24.3 Å². The minimum absolute atomic E-state index is 0.204. The quantitative estimate of drug-likeness (QED) is 0.626. The molecule has 0 spiro atoms. The summed E-state index contributed by atoms with van der Waals surface area (Å²) in [4.78, 5) is 36.0. The first kappa shape index (κ1) is 16.4. The summed E-state index contributed by atoms with van der Waals surface area (Å²) in [6.45, 7) is 1.62. The Bertz CT molecular complexity index is 697. The number of benzene rings is 1. The molecule has 1 atom stereocenters. The average Bonchev–Trinajstić information content (AvgIpc) is 2.82. The van der Waals surface area contributed by atoms with E-state index in [1.165, 1.54) is 0 Å². The van der Waals surface area contributed by atoms with E-state index in [1.807, 2.05) is 0 Å². The summed E-state index contributed by atoms with van der Waals surface area (Å²) in [6.07, 6.45) is 4.36. The van der Waals surface area contributed by atoms with Crippen molar-refractivity contribution in [2.45, 2.75) is 50.1 Å². The van der Waals surface area contributed by atoms with E-state index in [2.05, 4.69) is 16.0 Å². The highest BCUT2D eigenvalue weighted by atomic mass is 16.2. The summed E-state index contributed by atoms with van der Waals surface area (Å²) in [5.74, 6) is -0.622. The van der Waals surface area contributed by atoms with Gasteiger partial charge in [-0.1, -0.05) is 31.4 Å². The normalized spacial score (nSPS) is 25.8. The minimum Gasteiger partial charge on any atom is -0.324 e. The zero-order valence-corrected chi connectivity index (χ0v) is 13.6. The van der Waals surface area contributed by atoms with Crippen molar-refractivity contribution in [3.8, 4) is 0 Å². The number of carbonyl (C=O) groups is 3. The van der Waals surface area contributed by atoms with E-state index >= 15 is 0 Å². The van der Waals surface area contributed by atoms with E-state index in [-0.39, 0.29) is 5.91 Å². The van der Waals surface area contributed by atoms with Crippen LogP contribution >= 0.6 is 0 Å². The summed E-state index contributed by atoms with van der Waals surface area (Å²) in [7, 11) is 0. The van der Waals surface area contributed by atoms with Gasteiger partial charge in [0.2, 0.25) is 5.91 Å². The molecule has 1 aliphatic carbocycles. The van der Waals surface area contributed by atoms with Gasteiger partial charge in [0.1, 0.15) is 5.54 Å². The van der Waals surface area contributed by atoms with Gasteiger partial charge in [-0.25, -0.2) is 4.79 Å². The zero-order chi connectivity index (χ0) is 17.4. The van der Waals surface area contributed by atoms with Crippen LogP contribution in [0.4, 0.5) is 10.5 Å². The predicted octanol–water partition coefficient (Wildman–Crippen LogP) is 1.34. The Balaban J connectivity index is 1.80. The van der Waals surface area contributed by atoms with E-state index in [9.17, 15) is 14.4 Å². The number of amides is 4. The van der Waals surface area contributed by atoms with Crippen LogP contribution in [0.1, 0.15) is 44.6 Å². The number of nitrogens with one attached hydrogen (secondary N) is 3. The second-order valence-corrected chi connectivity index (χ2v) is 6.78. The molecular formula is C17H22N4O3. The molecule has 2 fully saturated rings. The molecule has 1 aromatic carbocycles. The largest absolute Gasteiger partial charge is 0.324 e. The fourth-order valence-corrected chi connectivity index (χ4v) is 3.32. The molecule has 4 amide bonds. The molecule has 1 saturated carbocycles. The topological polar surface area (TPSA) is 113 Å². The molecule has 2 aliphatic rings. The van der Waals surface area contributed by atoms with E-state index in [4.69, 9.17) is 5.73 Å². The molecule has 0 aromatic heterocycles. The summed E-state index contributed by atoms with van der Waals surface area (Å²) in [6, 6.07) is 6.37. The Hall–Kier alpha value is -2.41. The number of hydrogen-bond acceptors (Lipinski definition) is 4. The molecule has 7 heteroatoms. The second-order valence-electron chi connectivity index (χ2n) is 6.78. The lowest BCUT2D eigenvalue weighted by Crippen LogP contribution is -2.52. The molecule has 1 saturated heterocycles. The summed E-state index contributed by atoms with van der Waals surface area (Å²) >= 11 is 0. The Morgan fingerprint density at radius 2 is 1.92 bits per heavy atom. The van der Waals surface area contributed by atoms with Gasteiger partial charge in [0, 0.05) is 5.69 Å². The van der Waals surface area contributed by atoms with Gasteiger partial charge < -0.3 is 16.4 Å². The number of hydrogen-bond donors (Lipinski definition) is 4. The molecule has 1 heterocycles. The SMILES string of the molecule is CC1(c2cccc(NC(=O)C3(N)CCCCC3)c2)NC(=O)NC1=O. The molecule has 128 valence electrons. The maximum Gasteiger partial charge on any atom is 0.322 e. The average molecular weight is 330 g/mol. The summed E-state index contributed by atoms with van der Waals surface area (Å²) in [5, 5.41) is 7.69. The van der Waals surface area contributed by atoms with Crippen LogP contribution < -0.4 is 21.7 Å². The molecule has 0 bridgehead atoms. The fraction of sp³-hybridized carbons (Fsp3) is 0.471. The Morgan fingerprint density at radius 3 is 2.54 bits per heavy atom. The molecule has 3 rings (SSSR count). The van der Waals surface area contributed by atoms with Crippen LogP contribution in [-0.4, -0.2) is 23.4 Å². The third-order valence-corrected chi connectivity index (χ3v) is 4.94. The third kappa shape index (κ3) is 2.87. The monoisotopic (exact) mass is 330 g/mol. The molecule has 7 nitrogen and oxygen atoms in total. The highest BCUT2D eigenvalue weighted by Gasteiger charge is 2.43. The third-order valence-electron chi connectivity index (χ3n) is 4.94. The van der Waals surface area contributed by atoms with Gasteiger partial charge in [-0.2, -0.15) is 0 Å². The van der Waals surface area contributed by atoms with Gasteiger partial charge in [0.25, 0.3) is 5.91 Å². The van der Waals surface area contributed by atoms with Crippen molar-refractivity contribution >= 4 is 23.5 Å². The highest BCUT2D eigenvalue weighted by Crippen LogP contribution is 2.29. The van der Waals surface area contributed by atoms with Crippen LogP contribution in [0, 0.1) is 0 Å². The number of carbonyl (C=O) groups excluding carboxylic acids is 3. The van der Waals surface area contributed by atoms with Crippen molar-refractivity contribution in [2.24, 2.45) is 5.73 Å². The fourth-order valence-electron chi connectivity index (χ4n) is 3.32. The number of imide groups is 1. The maximum absolute atomic E-state index is 12.5. The lowest BCUT2D eigenvalue weighted by molar-refractivity contribution is -0.123. The zero-order valence-electron chi connectivity index (χ0n) is 13.6. The summed E-state index contributed by atoms with van der Waals surface area (Å²) in [5.41, 5.74) is 5.41. The molecule has 0 radical (unpaired) electrons. The number of urea groups is 1. The van der Waals surface area contributed by atoms with Gasteiger partial charge in [0.15, 0.2) is 0 Å². The maximum atomic E-state index is 12.5. The predicted molar refractivity (Wildman–Crippen MR) is 89.1 cm³/mol. The van der Waals surface area contributed by atoms with E-state index in [0.717, 1.165) is 19.3 Å². The Kier molecular flexibility index (Phi) is 4.04. The molecule has 1 unspecified atom stereocenters. The van der Waals surface area contributed by atoms with Crippen LogP contribution in [0.2, 0.25) is 0 Å². The van der Waals surface area contributed by atoms with Crippen molar-refractivity contribution in [2.75, 3.05) is 5.32 Å². The lowest BCUT2D eigenvalue weighted by Gasteiger charge is -2.32. The Labute approximate surface area is 140 Å². The molecule has 1 aliphatic heterocycles. The van der Waals surface area contributed by atoms with Crippen LogP contribution in [-0.2, 0) is 15.1 Å². The Morgan fingerprint density at radius 1 is 1.21 bits per heavy atom. The van der Waals surface area contributed by atoms with Gasteiger partial charge >= 0.3 is 6.03 Å². The molecular weight excluding hydrogens is 308 g/mol. The standard InChI is InChI=1S/C17H22N4O3/c1-16(13(22)20-15(24)21-16)11-6-5-7-12(10-11)19-14(23)17(18)8-3-2-4-9-17/h5-7,10H,2-4,8-9,18H2,1H3,(H,19,23)(H2,20,21,22,24). The van der Waals surface area contributed by atoms with Crippen LogP contribution in [0.25, 0.3) is 0 Å². The van der Waals surface area contributed by atoms with Crippen molar-refractivity contribution in [1.29, 1.82) is 0 Å². The van der Waals surface area contributed by atoms with E-state index in [1.54, 1.807) is 31.2 Å². The number of anilines is 1. The number of nitrogens with two attached hydrogens (primary N) is 1. The van der Waals surface area contributed by atoms with E-state index < -0.39 is 23.0 Å². The van der Waals surface area contributed by atoms with Gasteiger partial charge in [0.05, 0.1) is 5.54 Å². The van der Waals surface area contributed by atoms with Crippen molar-refractivity contribution in [3.05, 3.63) is 29.8 Å². The van der Waals surface area contributed by atoms with Gasteiger partial charge in [-0.15, -0.1) is 0 Å². The smallest absolute Gasteiger partial charge is 0.322 e. The summed E-state index contributed by atoms with van der Waals surface area (Å²) < 4.78 is 0. The molecule has 24 heavy (non-hydrogen) atoms. The van der Waals surface area contributed by atoms with Gasteiger partial charge in [-0.05, 0) is 37.5 Å². The highest BCUT2D eigenvalue weighted by molar-refractivity contribution is 6.07. The minimum atomic E-state index is -1.15. The molecule has 5 N–H and O–H groups in total. The van der Waals surface area contributed by atoms with Crippen LogP contribution in [0.5, 0.6) is 0 Å². The van der Waals surface area contributed by atoms with Gasteiger partial charge in [-0.3, -0.25) is 14.9 Å². The lowest BCUT2D eigenvalue weighted by atomic mass is 9.82. The van der Waals surface area contributed by atoms with E-state index in [0.29, 0.717) is 24.1 Å². The second kappa shape index (κ2) is 5.90. The molecule has 1 aromatic rings. The van der Waals surface area contributed by atoms with Crippen molar-refractivity contribution in [1.82, 2.24) is 10.6 Å². The number of rotatable bonds is 3. The first-order chi connectivity index (χ1) is 11.3. The van der Waals surface area contributed by atoms with Crippen molar-refractivity contribution in [3.63, 3.8) is 0 Å². The van der Waals surface area contributed by atoms with Crippen molar-refractivity contribution < 1.29 is 14.4 Å². The first-order valence-corrected chi connectivity index (χ1v) is 8.18. The van der Waals surface area contributed by atoms with Crippen LogP contribution in [0.3, 0.4) is 0 Å². The first-order valence-electron chi connectivity index (χ1n) is 8.18.